The van der Waals surface area contributed by atoms with Crippen LogP contribution in [0.25, 0.3) is 0 Å². The molecule has 5 heteroatoms. The molecule has 2 rings (SSSR count). The van der Waals surface area contributed by atoms with Crippen molar-refractivity contribution >= 4 is 23.4 Å². The van der Waals surface area contributed by atoms with Crippen molar-refractivity contribution in [2.75, 3.05) is 0 Å². The number of benzene rings is 2. The fourth-order valence-electron chi connectivity index (χ4n) is 2.44. The maximum Gasteiger partial charge on any atom is 0.251 e. The third-order valence-electron chi connectivity index (χ3n) is 4.01. The zero-order chi connectivity index (χ0) is 18.6. The molecule has 0 bridgehead atoms. The van der Waals surface area contributed by atoms with E-state index in [4.69, 9.17) is 17.3 Å². The molecule has 0 heterocycles. The number of hydrogen-bond donors (Lipinski definition) is 2. The van der Waals surface area contributed by atoms with Gasteiger partial charge in [-0.2, -0.15) is 0 Å². The Bertz CT molecular complexity index is 747. The number of rotatable bonds is 5. The Morgan fingerprint density at radius 2 is 1.60 bits per heavy atom. The van der Waals surface area contributed by atoms with E-state index in [9.17, 15) is 9.59 Å². The maximum atomic E-state index is 12.4. The fourth-order valence-corrected chi connectivity index (χ4v) is 2.57. The molecule has 0 saturated carbocycles. The number of hydrogen-bond acceptors (Lipinski definition) is 2. The Morgan fingerprint density at radius 3 is 2.08 bits per heavy atom. The van der Waals surface area contributed by atoms with Gasteiger partial charge in [-0.05, 0) is 40.8 Å². The molecule has 2 amide bonds. The van der Waals surface area contributed by atoms with E-state index in [1.165, 1.54) is 0 Å². The van der Waals surface area contributed by atoms with Crippen LogP contribution in [0.3, 0.4) is 0 Å². The van der Waals surface area contributed by atoms with Crippen LogP contribution in [-0.4, -0.2) is 17.9 Å². The standard InChI is InChI=1S/C20H23ClN2O2/c1-20(2,3)15-8-6-14(7-9-15)19(25)23-17(18(22)24)12-13-4-10-16(21)11-5-13/h4-11,17H,12H2,1-3H3,(H2,22,24)(H,23,25)/t17-/m0/s1. The Hall–Kier alpha value is -2.33. The van der Waals surface area contributed by atoms with E-state index in [1.807, 2.05) is 24.3 Å². The molecule has 2 aromatic carbocycles. The average molecular weight is 359 g/mol. The molecule has 0 spiro atoms. The summed E-state index contributed by atoms with van der Waals surface area (Å²) < 4.78 is 0. The topological polar surface area (TPSA) is 72.2 Å². The van der Waals surface area contributed by atoms with Gasteiger partial charge >= 0.3 is 0 Å². The SMILES string of the molecule is CC(C)(C)c1ccc(C(=O)N[C@@H](Cc2ccc(Cl)cc2)C(N)=O)cc1. The lowest BCUT2D eigenvalue weighted by Gasteiger charge is -2.19. The molecule has 0 saturated heterocycles. The van der Waals surface area contributed by atoms with Crippen LogP contribution in [0.15, 0.2) is 48.5 Å². The number of nitrogens with two attached hydrogens (primary N) is 1. The summed E-state index contributed by atoms with van der Waals surface area (Å²) in [4.78, 5) is 24.1. The maximum absolute atomic E-state index is 12.4. The number of carbonyl (C=O) groups excluding carboxylic acids is 2. The normalized spacial score (nSPS) is 12.5. The molecule has 1 atom stereocenters. The summed E-state index contributed by atoms with van der Waals surface area (Å²) in [6, 6.07) is 13.7. The van der Waals surface area contributed by atoms with Crippen LogP contribution < -0.4 is 11.1 Å². The third kappa shape index (κ3) is 5.33. The molecular formula is C20H23ClN2O2. The van der Waals surface area contributed by atoms with E-state index in [2.05, 4.69) is 26.1 Å². The van der Waals surface area contributed by atoms with Gasteiger partial charge in [-0.1, -0.05) is 56.6 Å². The lowest BCUT2D eigenvalue weighted by atomic mass is 9.86. The van der Waals surface area contributed by atoms with Crippen molar-refractivity contribution in [3.63, 3.8) is 0 Å². The highest BCUT2D eigenvalue weighted by atomic mass is 35.5. The summed E-state index contributed by atoms with van der Waals surface area (Å²) in [7, 11) is 0. The molecule has 0 aromatic heterocycles. The van der Waals surface area contributed by atoms with Gasteiger partial charge in [0.25, 0.3) is 5.91 Å². The fraction of sp³-hybridized carbons (Fsp3) is 0.300. The lowest BCUT2D eigenvalue weighted by molar-refractivity contribution is -0.119. The molecule has 0 radical (unpaired) electrons. The van der Waals surface area contributed by atoms with Gasteiger partial charge in [0.2, 0.25) is 5.91 Å². The summed E-state index contributed by atoms with van der Waals surface area (Å²) in [6.07, 6.45) is 0.318. The van der Waals surface area contributed by atoms with Gasteiger partial charge in [-0.3, -0.25) is 9.59 Å². The second-order valence-corrected chi connectivity index (χ2v) is 7.52. The van der Waals surface area contributed by atoms with E-state index >= 15 is 0 Å². The quantitative estimate of drug-likeness (QED) is 0.859. The Labute approximate surface area is 153 Å². The minimum Gasteiger partial charge on any atom is -0.368 e. The molecule has 0 aliphatic rings. The van der Waals surface area contributed by atoms with Gasteiger partial charge in [0, 0.05) is 17.0 Å². The molecule has 4 nitrogen and oxygen atoms in total. The monoisotopic (exact) mass is 358 g/mol. The molecule has 0 fully saturated rings. The van der Waals surface area contributed by atoms with E-state index < -0.39 is 11.9 Å². The minimum atomic E-state index is -0.782. The highest BCUT2D eigenvalue weighted by Crippen LogP contribution is 2.22. The number of carbonyl (C=O) groups is 2. The van der Waals surface area contributed by atoms with E-state index in [0.717, 1.165) is 11.1 Å². The number of halogens is 1. The first kappa shape index (κ1) is 19.0. The lowest BCUT2D eigenvalue weighted by Crippen LogP contribution is -2.45. The predicted molar refractivity (Wildman–Crippen MR) is 101 cm³/mol. The highest BCUT2D eigenvalue weighted by Gasteiger charge is 2.20. The average Bonchev–Trinajstić information content (AvgIpc) is 2.55. The molecular weight excluding hydrogens is 336 g/mol. The predicted octanol–water partition coefficient (Wildman–Crippen LogP) is 3.46. The van der Waals surface area contributed by atoms with Crippen molar-refractivity contribution < 1.29 is 9.59 Å². The van der Waals surface area contributed by atoms with Gasteiger partial charge in [0.1, 0.15) is 6.04 Å². The van der Waals surface area contributed by atoms with Crippen LogP contribution in [0.2, 0.25) is 5.02 Å². The zero-order valence-corrected chi connectivity index (χ0v) is 15.4. The summed E-state index contributed by atoms with van der Waals surface area (Å²) in [5, 5.41) is 3.32. The highest BCUT2D eigenvalue weighted by molar-refractivity contribution is 6.30. The summed E-state index contributed by atoms with van der Waals surface area (Å²) in [5.41, 5.74) is 7.96. The Kier molecular flexibility index (Phi) is 5.85. The molecule has 3 N–H and O–H groups in total. The number of nitrogens with one attached hydrogen (secondary N) is 1. The Balaban J connectivity index is 2.09. The smallest absolute Gasteiger partial charge is 0.251 e. The summed E-state index contributed by atoms with van der Waals surface area (Å²) in [5.74, 6) is -0.896. The van der Waals surface area contributed by atoms with Crippen molar-refractivity contribution in [1.29, 1.82) is 0 Å². The van der Waals surface area contributed by atoms with Gasteiger partial charge < -0.3 is 11.1 Å². The van der Waals surface area contributed by atoms with Crippen LogP contribution in [0.4, 0.5) is 0 Å². The first-order valence-corrected chi connectivity index (χ1v) is 8.50. The second kappa shape index (κ2) is 7.70. The van der Waals surface area contributed by atoms with Crippen LogP contribution in [-0.2, 0) is 16.6 Å². The first-order valence-electron chi connectivity index (χ1n) is 8.12. The second-order valence-electron chi connectivity index (χ2n) is 7.09. The minimum absolute atomic E-state index is 0.0132. The van der Waals surface area contributed by atoms with Crippen LogP contribution >= 0.6 is 11.6 Å². The molecule has 132 valence electrons. The zero-order valence-electron chi connectivity index (χ0n) is 14.7. The van der Waals surface area contributed by atoms with Crippen LogP contribution in [0.1, 0.15) is 42.3 Å². The molecule has 25 heavy (non-hydrogen) atoms. The number of amides is 2. The van der Waals surface area contributed by atoms with Gasteiger partial charge in [-0.15, -0.1) is 0 Å². The van der Waals surface area contributed by atoms with Crippen LogP contribution in [0.5, 0.6) is 0 Å². The molecule has 0 aliphatic heterocycles. The van der Waals surface area contributed by atoms with E-state index in [0.29, 0.717) is 17.0 Å². The van der Waals surface area contributed by atoms with Crippen molar-refractivity contribution in [2.24, 2.45) is 5.73 Å². The van der Waals surface area contributed by atoms with Crippen molar-refractivity contribution in [1.82, 2.24) is 5.32 Å². The number of primary amides is 1. The summed E-state index contributed by atoms with van der Waals surface area (Å²) in [6.45, 7) is 6.33. The van der Waals surface area contributed by atoms with Crippen molar-refractivity contribution in [2.45, 2.75) is 38.6 Å². The Morgan fingerprint density at radius 1 is 1.04 bits per heavy atom. The van der Waals surface area contributed by atoms with E-state index in [1.54, 1.807) is 24.3 Å². The van der Waals surface area contributed by atoms with Gasteiger partial charge in [0.15, 0.2) is 0 Å². The van der Waals surface area contributed by atoms with Crippen LogP contribution in [0, 0.1) is 0 Å². The molecule has 0 unspecified atom stereocenters. The largest absolute Gasteiger partial charge is 0.368 e. The molecule has 2 aromatic rings. The van der Waals surface area contributed by atoms with Crippen molar-refractivity contribution in [3.8, 4) is 0 Å². The first-order chi connectivity index (χ1) is 11.7. The summed E-state index contributed by atoms with van der Waals surface area (Å²) >= 11 is 5.86. The van der Waals surface area contributed by atoms with Crippen molar-refractivity contribution in [3.05, 3.63) is 70.2 Å². The van der Waals surface area contributed by atoms with Gasteiger partial charge in [0.05, 0.1) is 0 Å². The van der Waals surface area contributed by atoms with E-state index in [-0.39, 0.29) is 11.3 Å². The van der Waals surface area contributed by atoms with Gasteiger partial charge in [-0.25, -0.2) is 0 Å². The third-order valence-corrected chi connectivity index (χ3v) is 4.27. The molecule has 0 aliphatic carbocycles.